The van der Waals surface area contributed by atoms with E-state index in [9.17, 15) is 4.79 Å². The summed E-state index contributed by atoms with van der Waals surface area (Å²) >= 11 is 0. The quantitative estimate of drug-likeness (QED) is 0.856. The van der Waals surface area contributed by atoms with E-state index in [1.165, 1.54) is 27.7 Å². The third-order valence-electron chi connectivity index (χ3n) is 3.14. The molecule has 2 rings (SSSR count). The fourth-order valence-electron chi connectivity index (χ4n) is 2.11. The lowest BCUT2D eigenvalue weighted by Crippen LogP contribution is -2.22. The van der Waals surface area contributed by atoms with Gasteiger partial charge < -0.3 is 14.2 Å². The van der Waals surface area contributed by atoms with Gasteiger partial charge in [-0.25, -0.2) is 4.98 Å². The standard InChI is InChI=1S/C14H18N2O4/c1-8(2)16-7-15-11-9(14(16)17)6-10(18-3)12(19-4)13(11)20-5/h6-8H,1-5H3. The molecule has 0 aliphatic carbocycles. The lowest BCUT2D eigenvalue weighted by atomic mass is 10.2. The van der Waals surface area contributed by atoms with Crippen molar-refractivity contribution < 1.29 is 14.2 Å². The first kappa shape index (κ1) is 14.2. The van der Waals surface area contributed by atoms with Crippen LogP contribution in [0.3, 0.4) is 0 Å². The molecule has 0 bridgehead atoms. The molecule has 0 saturated carbocycles. The van der Waals surface area contributed by atoms with Crippen molar-refractivity contribution >= 4 is 10.9 Å². The molecule has 0 N–H and O–H groups in total. The Morgan fingerprint density at radius 3 is 2.25 bits per heavy atom. The van der Waals surface area contributed by atoms with Gasteiger partial charge in [-0.1, -0.05) is 0 Å². The number of hydrogen-bond acceptors (Lipinski definition) is 5. The number of ether oxygens (including phenoxy) is 3. The molecule has 0 unspecified atom stereocenters. The average molecular weight is 278 g/mol. The summed E-state index contributed by atoms with van der Waals surface area (Å²) in [4.78, 5) is 16.8. The molecule has 0 fully saturated rings. The second-order valence-electron chi connectivity index (χ2n) is 4.59. The van der Waals surface area contributed by atoms with Gasteiger partial charge in [0.1, 0.15) is 5.52 Å². The van der Waals surface area contributed by atoms with Gasteiger partial charge in [0.2, 0.25) is 5.75 Å². The van der Waals surface area contributed by atoms with Gasteiger partial charge in [-0.15, -0.1) is 0 Å². The first-order chi connectivity index (χ1) is 9.54. The van der Waals surface area contributed by atoms with Crippen LogP contribution in [0.25, 0.3) is 10.9 Å². The van der Waals surface area contributed by atoms with Crippen molar-refractivity contribution in [2.45, 2.75) is 19.9 Å². The Kier molecular flexibility index (Phi) is 3.83. The van der Waals surface area contributed by atoms with Crippen molar-refractivity contribution in [2.24, 2.45) is 0 Å². The fourth-order valence-corrected chi connectivity index (χ4v) is 2.11. The van der Waals surface area contributed by atoms with E-state index in [0.717, 1.165) is 0 Å². The zero-order chi connectivity index (χ0) is 14.9. The van der Waals surface area contributed by atoms with E-state index in [-0.39, 0.29) is 11.6 Å². The van der Waals surface area contributed by atoms with E-state index >= 15 is 0 Å². The molecular formula is C14H18N2O4. The highest BCUT2D eigenvalue weighted by Crippen LogP contribution is 2.41. The van der Waals surface area contributed by atoms with Crippen LogP contribution in [0.2, 0.25) is 0 Å². The van der Waals surface area contributed by atoms with Crippen LogP contribution in [0, 0.1) is 0 Å². The predicted octanol–water partition coefficient (Wildman–Crippen LogP) is 2.00. The molecule has 0 atom stereocenters. The van der Waals surface area contributed by atoms with Gasteiger partial charge in [-0.05, 0) is 19.9 Å². The van der Waals surface area contributed by atoms with Gasteiger partial charge in [0.05, 0.1) is 33.0 Å². The van der Waals surface area contributed by atoms with Gasteiger partial charge in [0.15, 0.2) is 11.5 Å². The molecule has 6 heteroatoms. The van der Waals surface area contributed by atoms with E-state index < -0.39 is 0 Å². The summed E-state index contributed by atoms with van der Waals surface area (Å²) in [6.45, 7) is 3.85. The number of rotatable bonds is 4. The monoisotopic (exact) mass is 278 g/mol. The van der Waals surface area contributed by atoms with Crippen LogP contribution >= 0.6 is 0 Å². The van der Waals surface area contributed by atoms with Crippen LogP contribution in [0.1, 0.15) is 19.9 Å². The SMILES string of the molecule is COc1cc2c(=O)n(C(C)C)cnc2c(OC)c1OC. The summed E-state index contributed by atoms with van der Waals surface area (Å²) in [5.74, 6) is 1.27. The molecule has 1 aromatic heterocycles. The fraction of sp³-hybridized carbons (Fsp3) is 0.429. The second-order valence-corrected chi connectivity index (χ2v) is 4.59. The van der Waals surface area contributed by atoms with Crippen LogP contribution in [0.15, 0.2) is 17.2 Å². The Morgan fingerprint density at radius 1 is 1.10 bits per heavy atom. The Bertz CT molecular complexity index is 692. The molecule has 20 heavy (non-hydrogen) atoms. The van der Waals surface area contributed by atoms with E-state index in [1.807, 2.05) is 13.8 Å². The largest absolute Gasteiger partial charge is 0.493 e. The summed E-state index contributed by atoms with van der Waals surface area (Å²) in [7, 11) is 4.54. The van der Waals surface area contributed by atoms with Crippen molar-refractivity contribution in [3.05, 3.63) is 22.7 Å². The van der Waals surface area contributed by atoms with E-state index in [4.69, 9.17) is 14.2 Å². The minimum atomic E-state index is -0.135. The molecule has 0 aliphatic rings. The number of aromatic nitrogens is 2. The van der Waals surface area contributed by atoms with Crippen molar-refractivity contribution in [1.29, 1.82) is 0 Å². The minimum Gasteiger partial charge on any atom is -0.493 e. The van der Waals surface area contributed by atoms with Crippen molar-refractivity contribution in [3.8, 4) is 17.2 Å². The Morgan fingerprint density at radius 2 is 1.75 bits per heavy atom. The smallest absolute Gasteiger partial charge is 0.261 e. The maximum Gasteiger partial charge on any atom is 0.261 e. The first-order valence-electron chi connectivity index (χ1n) is 6.25. The molecule has 1 heterocycles. The molecule has 6 nitrogen and oxygen atoms in total. The Balaban J connectivity index is 2.91. The molecule has 0 saturated heterocycles. The highest BCUT2D eigenvalue weighted by molar-refractivity contribution is 5.89. The first-order valence-corrected chi connectivity index (χ1v) is 6.25. The molecule has 1 aromatic carbocycles. The Hall–Kier alpha value is -2.24. The number of nitrogens with zero attached hydrogens (tertiary/aromatic N) is 2. The number of fused-ring (bicyclic) bond motifs is 1. The van der Waals surface area contributed by atoms with Crippen molar-refractivity contribution in [3.63, 3.8) is 0 Å². The molecule has 108 valence electrons. The molecule has 2 aromatic rings. The normalized spacial score (nSPS) is 10.9. The lowest BCUT2D eigenvalue weighted by molar-refractivity contribution is 0.326. The molecular weight excluding hydrogens is 260 g/mol. The minimum absolute atomic E-state index is 0.0264. The van der Waals surface area contributed by atoms with Crippen LogP contribution in [-0.2, 0) is 0 Å². The predicted molar refractivity (Wildman–Crippen MR) is 76.0 cm³/mol. The summed E-state index contributed by atoms with van der Waals surface area (Å²) in [5.41, 5.74) is 0.330. The third-order valence-corrected chi connectivity index (χ3v) is 3.14. The zero-order valence-corrected chi connectivity index (χ0v) is 12.3. The topological polar surface area (TPSA) is 62.6 Å². The van der Waals surface area contributed by atoms with Gasteiger partial charge >= 0.3 is 0 Å². The van der Waals surface area contributed by atoms with E-state index in [2.05, 4.69) is 4.98 Å². The summed E-state index contributed by atoms with van der Waals surface area (Å²) in [5, 5.41) is 0.440. The van der Waals surface area contributed by atoms with Crippen LogP contribution < -0.4 is 19.8 Å². The van der Waals surface area contributed by atoms with Crippen LogP contribution in [0.4, 0.5) is 0 Å². The van der Waals surface area contributed by atoms with Crippen molar-refractivity contribution in [2.75, 3.05) is 21.3 Å². The number of benzene rings is 1. The van der Waals surface area contributed by atoms with Gasteiger partial charge in [-0.3, -0.25) is 9.36 Å². The maximum absolute atomic E-state index is 12.5. The van der Waals surface area contributed by atoms with Crippen molar-refractivity contribution in [1.82, 2.24) is 9.55 Å². The summed E-state index contributed by atoms with van der Waals surface area (Å²) < 4.78 is 17.4. The average Bonchev–Trinajstić information content (AvgIpc) is 2.45. The maximum atomic E-state index is 12.5. The number of hydrogen-bond donors (Lipinski definition) is 0. The lowest BCUT2D eigenvalue weighted by Gasteiger charge is -2.15. The van der Waals surface area contributed by atoms with Gasteiger partial charge in [-0.2, -0.15) is 0 Å². The third kappa shape index (κ3) is 2.07. The highest BCUT2D eigenvalue weighted by Gasteiger charge is 2.19. The summed E-state index contributed by atoms with van der Waals surface area (Å²) in [6.07, 6.45) is 1.52. The van der Waals surface area contributed by atoms with Crippen LogP contribution in [-0.4, -0.2) is 30.9 Å². The van der Waals surface area contributed by atoms with Crippen LogP contribution in [0.5, 0.6) is 17.2 Å². The number of methoxy groups -OCH3 is 3. The molecule has 0 spiro atoms. The second kappa shape index (κ2) is 5.40. The Labute approximate surface area is 116 Å². The molecule has 0 amide bonds. The van der Waals surface area contributed by atoms with E-state index in [0.29, 0.717) is 28.2 Å². The van der Waals surface area contributed by atoms with E-state index in [1.54, 1.807) is 10.6 Å². The molecule has 0 radical (unpaired) electrons. The zero-order valence-electron chi connectivity index (χ0n) is 12.3. The molecule has 0 aliphatic heterocycles. The highest BCUT2D eigenvalue weighted by atomic mass is 16.5. The van der Waals surface area contributed by atoms with Gasteiger partial charge in [0.25, 0.3) is 5.56 Å². The van der Waals surface area contributed by atoms with Gasteiger partial charge in [0, 0.05) is 6.04 Å². The summed E-state index contributed by atoms with van der Waals surface area (Å²) in [6, 6.07) is 1.66.